The summed E-state index contributed by atoms with van der Waals surface area (Å²) in [5.41, 5.74) is 0. The monoisotopic (exact) mass is 219 g/mol. The van der Waals surface area contributed by atoms with Gasteiger partial charge in [0.1, 0.15) is 4.32 Å². The summed E-state index contributed by atoms with van der Waals surface area (Å²) in [5.74, 6) is 0. The Balaban J connectivity index is 2.10. The molecule has 1 nitrogen and oxygen atoms in total. The first kappa shape index (κ1) is 9.49. The van der Waals surface area contributed by atoms with Crippen LogP contribution in [0.2, 0.25) is 0 Å². The quantitative estimate of drug-likeness (QED) is 0.535. The molecular weight excluding hydrogens is 210 g/mol. The first-order valence-electron chi connectivity index (χ1n) is 4.26. The third kappa shape index (κ3) is 2.25. The van der Waals surface area contributed by atoms with Crippen LogP contribution in [-0.4, -0.2) is 8.89 Å². The van der Waals surface area contributed by atoms with Crippen LogP contribution in [0.4, 0.5) is 0 Å². The molecule has 0 saturated heterocycles. The van der Waals surface area contributed by atoms with E-state index in [0.29, 0.717) is 0 Å². The lowest BCUT2D eigenvalue weighted by atomic mass is 10.4. The lowest BCUT2D eigenvalue weighted by molar-refractivity contribution is 1.22. The highest BCUT2D eigenvalue weighted by molar-refractivity contribution is 8.23. The van der Waals surface area contributed by atoms with Crippen molar-refractivity contribution >= 4 is 28.3 Å². The molecule has 0 bridgehead atoms. The average Bonchev–Trinajstić information content (AvgIpc) is 2.72. The second-order valence-electron chi connectivity index (χ2n) is 2.77. The lowest BCUT2D eigenvalue weighted by Gasteiger charge is -2.03. The van der Waals surface area contributed by atoms with E-state index in [9.17, 15) is 0 Å². The molecule has 0 fully saturated rings. The van der Waals surface area contributed by atoms with Crippen LogP contribution in [0.25, 0.3) is 0 Å². The predicted molar refractivity (Wildman–Crippen MR) is 64.7 cm³/mol. The molecule has 1 heterocycles. The summed E-state index contributed by atoms with van der Waals surface area (Å²) in [5, 5.41) is 0. The van der Waals surface area contributed by atoms with E-state index in [2.05, 4.69) is 12.1 Å². The van der Waals surface area contributed by atoms with Crippen LogP contribution in [0.3, 0.4) is 0 Å². The maximum atomic E-state index is 5.28. The summed E-state index contributed by atoms with van der Waals surface area (Å²) in [4.78, 5) is 1.17. The van der Waals surface area contributed by atoms with E-state index in [4.69, 9.17) is 12.2 Å². The van der Waals surface area contributed by atoms with Crippen LogP contribution in [0, 0.1) is 0 Å². The van der Waals surface area contributed by atoms with Crippen LogP contribution in [0.1, 0.15) is 0 Å². The minimum absolute atomic E-state index is 0.848. The van der Waals surface area contributed by atoms with Gasteiger partial charge in [-0.25, -0.2) is 0 Å². The SMILES string of the molecule is S=C(Sc1ccccc1)n1cccc1. The number of hydrogen-bond donors (Lipinski definition) is 0. The summed E-state index contributed by atoms with van der Waals surface area (Å²) in [7, 11) is 0. The smallest absolute Gasteiger partial charge is 0.149 e. The zero-order chi connectivity index (χ0) is 9.80. The molecule has 0 N–H and O–H groups in total. The van der Waals surface area contributed by atoms with Gasteiger partial charge in [0.15, 0.2) is 0 Å². The van der Waals surface area contributed by atoms with Crippen LogP contribution >= 0.6 is 24.0 Å². The predicted octanol–water partition coefficient (Wildman–Crippen LogP) is 3.41. The Morgan fingerprint density at radius 2 is 1.64 bits per heavy atom. The molecule has 1 aromatic carbocycles. The van der Waals surface area contributed by atoms with Gasteiger partial charge in [-0.05, 0) is 24.3 Å². The van der Waals surface area contributed by atoms with Crippen LogP contribution in [0.5, 0.6) is 0 Å². The topological polar surface area (TPSA) is 4.93 Å². The first-order chi connectivity index (χ1) is 6.86. The molecule has 0 aliphatic rings. The molecule has 0 aliphatic carbocycles. The lowest BCUT2D eigenvalue weighted by Crippen LogP contribution is -2.00. The highest BCUT2D eigenvalue weighted by Crippen LogP contribution is 2.19. The second kappa shape index (κ2) is 4.44. The summed E-state index contributed by atoms with van der Waals surface area (Å²) in [6.07, 6.45) is 3.91. The van der Waals surface area contributed by atoms with Crippen molar-refractivity contribution in [3.05, 3.63) is 54.9 Å². The van der Waals surface area contributed by atoms with Crippen molar-refractivity contribution in [3.63, 3.8) is 0 Å². The van der Waals surface area contributed by atoms with E-state index in [1.807, 2.05) is 47.3 Å². The maximum absolute atomic E-state index is 5.28. The minimum Gasteiger partial charge on any atom is -0.309 e. The Labute approximate surface area is 92.8 Å². The molecule has 0 atom stereocenters. The highest BCUT2D eigenvalue weighted by atomic mass is 32.2. The zero-order valence-electron chi connectivity index (χ0n) is 7.46. The zero-order valence-corrected chi connectivity index (χ0v) is 9.09. The van der Waals surface area contributed by atoms with Gasteiger partial charge in [-0.3, -0.25) is 0 Å². The van der Waals surface area contributed by atoms with Crippen molar-refractivity contribution in [1.29, 1.82) is 0 Å². The third-order valence-electron chi connectivity index (χ3n) is 1.76. The average molecular weight is 219 g/mol. The Hall–Kier alpha value is -1.06. The van der Waals surface area contributed by atoms with Gasteiger partial charge in [0.2, 0.25) is 0 Å². The van der Waals surface area contributed by atoms with Crippen LogP contribution in [-0.2, 0) is 0 Å². The van der Waals surface area contributed by atoms with Gasteiger partial charge < -0.3 is 4.57 Å². The molecule has 0 aliphatic heterocycles. The molecule has 0 saturated carbocycles. The molecule has 3 heteroatoms. The van der Waals surface area contributed by atoms with E-state index < -0.39 is 0 Å². The fourth-order valence-electron chi connectivity index (χ4n) is 1.10. The molecule has 0 amide bonds. The van der Waals surface area contributed by atoms with Gasteiger partial charge in [0.25, 0.3) is 0 Å². The van der Waals surface area contributed by atoms with Gasteiger partial charge in [0, 0.05) is 17.3 Å². The van der Waals surface area contributed by atoms with Crippen LogP contribution in [0.15, 0.2) is 59.8 Å². The Morgan fingerprint density at radius 3 is 2.29 bits per heavy atom. The molecular formula is C11H9NS2. The van der Waals surface area contributed by atoms with Crippen molar-refractivity contribution in [1.82, 2.24) is 4.57 Å². The van der Waals surface area contributed by atoms with Crippen molar-refractivity contribution in [2.45, 2.75) is 4.90 Å². The standard InChI is InChI=1S/C11H9NS2/c13-11(12-8-4-5-9-12)14-10-6-2-1-3-7-10/h1-9H. The van der Waals surface area contributed by atoms with Crippen molar-refractivity contribution in [3.8, 4) is 0 Å². The second-order valence-corrected chi connectivity index (χ2v) is 4.48. The Kier molecular flexibility index (Phi) is 3.01. The number of aromatic nitrogens is 1. The minimum atomic E-state index is 0.848. The number of thiocarbonyl (C=S) groups is 1. The number of hydrogen-bond acceptors (Lipinski definition) is 2. The summed E-state index contributed by atoms with van der Waals surface area (Å²) in [6, 6.07) is 14.1. The number of nitrogens with zero attached hydrogens (tertiary/aromatic N) is 1. The van der Waals surface area contributed by atoms with Crippen molar-refractivity contribution in [2.75, 3.05) is 0 Å². The first-order valence-corrected chi connectivity index (χ1v) is 5.49. The van der Waals surface area contributed by atoms with E-state index >= 15 is 0 Å². The molecule has 2 aromatic rings. The van der Waals surface area contributed by atoms with E-state index in [1.54, 1.807) is 11.8 Å². The molecule has 14 heavy (non-hydrogen) atoms. The van der Waals surface area contributed by atoms with Crippen molar-refractivity contribution < 1.29 is 0 Å². The van der Waals surface area contributed by atoms with E-state index in [1.165, 1.54) is 4.90 Å². The van der Waals surface area contributed by atoms with Gasteiger partial charge in [-0.15, -0.1) is 0 Å². The third-order valence-corrected chi connectivity index (χ3v) is 3.12. The summed E-state index contributed by atoms with van der Waals surface area (Å²) >= 11 is 6.88. The maximum Gasteiger partial charge on any atom is 0.149 e. The fraction of sp³-hybridized carbons (Fsp3) is 0. The molecule has 70 valence electrons. The molecule has 0 radical (unpaired) electrons. The largest absolute Gasteiger partial charge is 0.309 e. The molecule has 2 rings (SSSR count). The van der Waals surface area contributed by atoms with Gasteiger partial charge in [-0.2, -0.15) is 0 Å². The van der Waals surface area contributed by atoms with Crippen LogP contribution < -0.4 is 0 Å². The Bertz CT molecular complexity index is 406. The van der Waals surface area contributed by atoms with Gasteiger partial charge in [-0.1, -0.05) is 42.2 Å². The Morgan fingerprint density at radius 1 is 1.00 bits per heavy atom. The molecule has 1 aromatic heterocycles. The molecule has 0 spiro atoms. The number of benzene rings is 1. The highest BCUT2D eigenvalue weighted by Gasteiger charge is 2.00. The number of thioether (sulfide) groups is 1. The van der Waals surface area contributed by atoms with Gasteiger partial charge >= 0.3 is 0 Å². The fourth-order valence-corrected chi connectivity index (χ4v) is 2.23. The number of rotatable bonds is 1. The van der Waals surface area contributed by atoms with Gasteiger partial charge in [0.05, 0.1) is 0 Å². The van der Waals surface area contributed by atoms with E-state index in [0.717, 1.165) is 4.32 Å². The molecule has 0 unspecified atom stereocenters. The normalized spacial score (nSPS) is 10.0. The van der Waals surface area contributed by atoms with Crippen molar-refractivity contribution in [2.24, 2.45) is 0 Å². The summed E-state index contributed by atoms with van der Waals surface area (Å²) < 4.78 is 2.79. The summed E-state index contributed by atoms with van der Waals surface area (Å²) in [6.45, 7) is 0. The van der Waals surface area contributed by atoms with E-state index in [-0.39, 0.29) is 0 Å².